The summed E-state index contributed by atoms with van der Waals surface area (Å²) in [5, 5.41) is 9.39. The average Bonchev–Trinajstić information content (AvgIpc) is 2.99. The summed E-state index contributed by atoms with van der Waals surface area (Å²) >= 11 is 9.10. The van der Waals surface area contributed by atoms with Crippen LogP contribution in [0.15, 0.2) is 38.8 Å². The van der Waals surface area contributed by atoms with Gasteiger partial charge in [0.15, 0.2) is 5.17 Å². The van der Waals surface area contributed by atoms with E-state index >= 15 is 0 Å². The summed E-state index contributed by atoms with van der Waals surface area (Å²) in [7, 11) is 0. The number of thioether (sulfide) groups is 1. The van der Waals surface area contributed by atoms with Crippen molar-refractivity contribution in [3.05, 3.63) is 46.6 Å². The van der Waals surface area contributed by atoms with Gasteiger partial charge in [-0.25, -0.2) is 10.2 Å². The van der Waals surface area contributed by atoms with Crippen molar-refractivity contribution in [1.82, 2.24) is 5.43 Å². The summed E-state index contributed by atoms with van der Waals surface area (Å²) in [4.78, 5) is 0.911. The molecule has 1 aromatic carbocycles. The van der Waals surface area contributed by atoms with E-state index in [0.29, 0.717) is 12.4 Å². The van der Waals surface area contributed by atoms with Crippen LogP contribution in [0.4, 0.5) is 4.39 Å². The zero-order valence-electron chi connectivity index (χ0n) is 12.4. The van der Waals surface area contributed by atoms with Crippen molar-refractivity contribution < 1.29 is 9.13 Å². The quantitative estimate of drug-likeness (QED) is 0.193. The van der Waals surface area contributed by atoms with Crippen LogP contribution in [-0.4, -0.2) is 10.3 Å². The molecule has 128 valence electrons. The molecule has 6 N–H and O–H groups in total. The fraction of sp³-hybridized carbons (Fsp3) is 0.143. The molecule has 1 aromatic heterocycles. The Morgan fingerprint density at radius 1 is 1.38 bits per heavy atom. The Labute approximate surface area is 156 Å². The van der Waals surface area contributed by atoms with E-state index in [1.54, 1.807) is 17.4 Å². The predicted molar refractivity (Wildman–Crippen MR) is 103 cm³/mol. The van der Waals surface area contributed by atoms with Crippen molar-refractivity contribution in [1.29, 1.82) is 5.41 Å². The van der Waals surface area contributed by atoms with Gasteiger partial charge in [0.2, 0.25) is 0 Å². The molecule has 0 fully saturated rings. The van der Waals surface area contributed by atoms with E-state index in [0.717, 1.165) is 32.0 Å². The third-order valence-corrected chi connectivity index (χ3v) is 6.15. The van der Waals surface area contributed by atoms with Gasteiger partial charge >= 0.3 is 0 Å². The summed E-state index contributed by atoms with van der Waals surface area (Å²) in [5.74, 6) is 5.31. The zero-order valence-corrected chi connectivity index (χ0v) is 15.6. The molecule has 5 nitrogen and oxygen atoms in total. The summed E-state index contributed by atoms with van der Waals surface area (Å²) < 4.78 is 19.9. The van der Waals surface area contributed by atoms with Gasteiger partial charge < -0.3 is 10.5 Å². The van der Waals surface area contributed by atoms with Crippen molar-refractivity contribution in [2.24, 2.45) is 11.6 Å². The van der Waals surface area contributed by atoms with Crippen molar-refractivity contribution >= 4 is 57.4 Å². The average molecular weight is 403 g/mol. The third kappa shape index (κ3) is 5.64. The largest absolute Gasteiger partial charge is 0.465 e. The monoisotopic (exact) mass is 402 g/mol. The molecule has 0 aliphatic rings. The molecule has 0 aliphatic carbocycles. The Kier molecular flexibility index (Phi) is 7.31. The van der Waals surface area contributed by atoms with Crippen molar-refractivity contribution in [3.8, 4) is 0 Å². The number of ether oxygens (including phenoxy) is 1. The topological polar surface area (TPSA) is 97.2 Å². The summed E-state index contributed by atoms with van der Waals surface area (Å²) in [6.45, 7) is 0.299. The molecule has 0 saturated carbocycles. The number of hydrogen-bond donors (Lipinski definition) is 4. The normalized spacial score (nSPS) is 10.4. The lowest BCUT2D eigenvalue weighted by Gasteiger charge is -2.10. The molecular weight excluding hydrogens is 387 g/mol. The first-order chi connectivity index (χ1) is 11.5. The molecule has 24 heavy (non-hydrogen) atoms. The van der Waals surface area contributed by atoms with Gasteiger partial charge in [-0.05, 0) is 47.4 Å². The number of hydrazine groups is 1. The molecule has 1 heterocycles. The molecule has 2 aromatic rings. The van der Waals surface area contributed by atoms with Crippen LogP contribution in [0.2, 0.25) is 0 Å². The van der Waals surface area contributed by atoms with Crippen LogP contribution in [0.1, 0.15) is 11.1 Å². The maximum absolute atomic E-state index is 13.5. The van der Waals surface area contributed by atoms with Gasteiger partial charge in [0.05, 0.1) is 4.21 Å². The Balaban J connectivity index is 2.15. The first-order valence-electron chi connectivity index (χ1n) is 6.62. The molecule has 2 rings (SSSR count). The second-order valence-electron chi connectivity index (χ2n) is 4.46. The number of thiocarbonyl (C=S) groups is 1. The van der Waals surface area contributed by atoms with Gasteiger partial charge in [0.1, 0.15) is 12.4 Å². The molecule has 0 amide bonds. The maximum atomic E-state index is 13.5. The molecule has 0 atom stereocenters. The summed E-state index contributed by atoms with van der Waals surface area (Å²) in [6.07, 6.45) is 0. The van der Waals surface area contributed by atoms with Crippen LogP contribution < -0.4 is 17.0 Å². The highest BCUT2D eigenvalue weighted by atomic mass is 32.2. The molecule has 0 aliphatic heterocycles. The maximum Gasteiger partial charge on any atom is 0.271 e. The molecule has 0 spiro atoms. The summed E-state index contributed by atoms with van der Waals surface area (Å²) in [6, 6.07) is 6.56. The standard InChI is InChI=1S/C14H15FN4OS4/c15-10-1-2-11(9(5-10)7-23-13(16)17)24-12-8(3-4-22-12)6-20-14(21)19-18/h1-5H,6-7,18H2,(H3,16,17)(H,19,21). The summed E-state index contributed by atoms with van der Waals surface area (Å²) in [5.41, 5.74) is 9.40. The molecule has 0 unspecified atom stereocenters. The minimum atomic E-state index is -0.312. The van der Waals surface area contributed by atoms with Crippen LogP contribution >= 0.6 is 47.1 Å². The van der Waals surface area contributed by atoms with E-state index in [9.17, 15) is 4.39 Å². The molecule has 10 heteroatoms. The van der Waals surface area contributed by atoms with Crippen LogP contribution in [0, 0.1) is 11.2 Å². The van der Waals surface area contributed by atoms with Gasteiger partial charge in [-0.15, -0.1) is 11.3 Å². The molecular formula is C14H15FN4OS4. The Morgan fingerprint density at radius 3 is 2.88 bits per heavy atom. The van der Waals surface area contributed by atoms with Gasteiger partial charge in [-0.2, -0.15) is 0 Å². The van der Waals surface area contributed by atoms with Gasteiger partial charge in [0.25, 0.3) is 5.17 Å². The highest BCUT2D eigenvalue weighted by Gasteiger charge is 2.12. The van der Waals surface area contributed by atoms with Crippen LogP contribution in [0.3, 0.4) is 0 Å². The van der Waals surface area contributed by atoms with Crippen LogP contribution in [0.5, 0.6) is 0 Å². The zero-order chi connectivity index (χ0) is 17.5. The lowest BCUT2D eigenvalue weighted by atomic mass is 10.2. The first kappa shape index (κ1) is 19.0. The molecule has 0 bridgehead atoms. The van der Waals surface area contributed by atoms with E-state index in [1.807, 2.05) is 11.4 Å². The Hall–Kier alpha value is -1.33. The number of thiophene rings is 1. The second kappa shape index (κ2) is 9.23. The van der Waals surface area contributed by atoms with Crippen LogP contribution in [-0.2, 0) is 17.1 Å². The predicted octanol–water partition coefficient (Wildman–Crippen LogP) is 3.43. The number of amidine groups is 1. The number of hydrogen-bond acceptors (Lipinski definition) is 7. The van der Waals surface area contributed by atoms with E-state index in [1.165, 1.54) is 23.9 Å². The number of rotatable bonds is 6. The SMILES string of the molecule is N=C(N)SCc1cc(F)ccc1Sc1sccc1COC(=S)NN. The third-order valence-electron chi connectivity index (χ3n) is 2.79. The van der Waals surface area contributed by atoms with Gasteiger partial charge in [-0.3, -0.25) is 10.8 Å². The molecule has 0 radical (unpaired) electrons. The minimum Gasteiger partial charge on any atom is -0.465 e. The Bertz CT molecular complexity index is 737. The minimum absolute atomic E-state index is 0.00298. The lowest BCUT2D eigenvalue weighted by molar-refractivity contribution is 0.285. The number of nitrogens with two attached hydrogens (primary N) is 2. The van der Waals surface area contributed by atoms with Crippen molar-refractivity contribution in [3.63, 3.8) is 0 Å². The highest BCUT2D eigenvalue weighted by Crippen LogP contribution is 2.38. The fourth-order valence-corrected chi connectivity index (χ4v) is 4.54. The van der Waals surface area contributed by atoms with E-state index in [-0.39, 0.29) is 16.2 Å². The lowest BCUT2D eigenvalue weighted by Crippen LogP contribution is -2.30. The van der Waals surface area contributed by atoms with Gasteiger partial charge in [0, 0.05) is 16.2 Å². The second-order valence-corrected chi connectivity index (χ2v) is 8.08. The van der Waals surface area contributed by atoms with E-state index in [4.69, 9.17) is 33.9 Å². The van der Waals surface area contributed by atoms with E-state index in [2.05, 4.69) is 5.43 Å². The van der Waals surface area contributed by atoms with Gasteiger partial charge in [-0.1, -0.05) is 23.5 Å². The number of benzene rings is 1. The molecule has 0 saturated heterocycles. The Morgan fingerprint density at radius 2 is 2.17 bits per heavy atom. The first-order valence-corrected chi connectivity index (χ1v) is 9.71. The van der Waals surface area contributed by atoms with Crippen molar-refractivity contribution in [2.45, 2.75) is 21.5 Å². The number of nitrogens with one attached hydrogen (secondary N) is 2. The van der Waals surface area contributed by atoms with Crippen molar-refractivity contribution in [2.75, 3.05) is 0 Å². The van der Waals surface area contributed by atoms with E-state index < -0.39 is 0 Å². The van der Waals surface area contributed by atoms with Crippen LogP contribution in [0.25, 0.3) is 0 Å². The smallest absolute Gasteiger partial charge is 0.271 e. The highest BCUT2D eigenvalue weighted by molar-refractivity contribution is 8.13. The fourth-order valence-electron chi connectivity index (χ4n) is 1.72. The number of halogens is 1.